The molecule has 150 valence electrons. The maximum Gasteiger partial charge on any atom is 3.00 e. The van der Waals surface area contributed by atoms with Crippen molar-refractivity contribution in [3.63, 3.8) is 0 Å². The van der Waals surface area contributed by atoms with Crippen molar-refractivity contribution < 1.29 is 0 Å². The Morgan fingerprint density at radius 1 is 0.360 bits per heavy atom. The summed E-state index contributed by atoms with van der Waals surface area (Å²) >= 11 is 0. The minimum atomic E-state index is 0. The Balaban J connectivity index is -0.000000130. The van der Waals surface area contributed by atoms with E-state index in [0.29, 0.717) is 0 Å². The molecule has 0 atom stereocenters. The van der Waals surface area contributed by atoms with Gasteiger partial charge in [0.2, 0.25) is 0 Å². The van der Waals surface area contributed by atoms with E-state index in [2.05, 4.69) is 41.5 Å². The predicted octanol–water partition coefficient (Wildman–Crippen LogP) is 9.16. The molecule has 0 nitrogen and oxygen atoms in total. The van der Waals surface area contributed by atoms with Crippen LogP contribution in [0.4, 0.5) is 0 Å². The largest absolute Gasteiger partial charge is 3.00 e. The number of hydrogen-bond acceptors (Lipinski definition) is 0. The SMILES string of the molecule is [Al+3].[CH2-]CCCCCCC.[CH2-]CCCCCCC.[CH2-]CCCCCCC. The average Bonchev–Trinajstić information content (AvgIpc) is 2.61. The van der Waals surface area contributed by atoms with Crippen molar-refractivity contribution in [3.05, 3.63) is 20.8 Å². The van der Waals surface area contributed by atoms with Crippen LogP contribution in [0.3, 0.4) is 0 Å². The third kappa shape index (κ3) is 51.6. The first-order chi connectivity index (χ1) is 11.7. The molecule has 0 rings (SSSR count). The third-order valence-electron chi connectivity index (χ3n) is 4.06. The molecule has 0 aromatic rings. The second-order valence-corrected chi connectivity index (χ2v) is 6.80. The van der Waals surface area contributed by atoms with Crippen LogP contribution in [0.25, 0.3) is 0 Å². The van der Waals surface area contributed by atoms with Crippen LogP contribution in [-0.2, 0) is 0 Å². The Morgan fingerprint density at radius 3 is 0.720 bits per heavy atom. The second kappa shape index (κ2) is 39.6. The van der Waals surface area contributed by atoms with Crippen LogP contribution < -0.4 is 0 Å². The number of hydrogen-bond donors (Lipinski definition) is 0. The Bertz CT molecular complexity index is 110. The molecule has 0 radical (unpaired) electrons. The monoisotopic (exact) mass is 366 g/mol. The minimum absolute atomic E-state index is 0. The van der Waals surface area contributed by atoms with Gasteiger partial charge in [-0.05, 0) is 0 Å². The minimum Gasteiger partial charge on any atom is -0.343 e. The van der Waals surface area contributed by atoms with Crippen molar-refractivity contribution in [2.24, 2.45) is 0 Å². The zero-order valence-corrected chi connectivity index (χ0v) is 19.6. The first kappa shape index (κ1) is 33.1. The van der Waals surface area contributed by atoms with Gasteiger partial charge >= 0.3 is 17.4 Å². The van der Waals surface area contributed by atoms with Gasteiger partial charge in [0.25, 0.3) is 0 Å². The summed E-state index contributed by atoms with van der Waals surface area (Å²) in [6, 6.07) is 0. The average molecular weight is 367 g/mol. The Kier molecular flexibility index (Phi) is 52.4. The Hall–Kier alpha value is 0.532. The Labute approximate surface area is 174 Å². The van der Waals surface area contributed by atoms with Gasteiger partial charge in [-0.15, -0.1) is 0 Å². The summed E-state index contributed by atoms with van der Waals surface area (Å²) in [6.07, 6.45) is 23.9. The molecule has 0 bridgehead atoms. The van der Waals surface area contributed by atoms with Crippen LogP contribution in [0.5, 0.6) is 0 Å². The fourth-order valence-corrected chi connectivity index (χ4v) is 2.34. The molecule has 0 aliphatic carbocycles. The molecule has 0 amide bonds. The molecule has 0 spiro atoms. The van der Waals surface area contributed by atoms with Crippen LogP contribution in [0, 0.1) is 20.8 Å². The standard InChI is InChI=1S/3C8H17.Al/c3*1-3-5-7-8-6-4-2;/h3*1,3-8H2,2H3;/q3*-1;+3. The van der Waals surface area contributed by atoms with Crippen molar-refractivity contribution in [3.8, 4) is 0 Å². The van der Waals surface area contributed by atoms with E-state index in [4.69, 9.17) is 0 Å². The summed E-state index contributed by atoms with van der Waals surface area (Å²) in [7, 11) is 0. The molecular weight excluding hydrogens is 315 g/mol. The van der Waals surface area contributed by atoms with Gasteiger partial charge in [-0.2, -0.15) is 19.3 Å². The summed E-state index contributed by atoms with van der Waals surface area (Å²) in [6.45, 7) is 18.1. The number of unbranched alkanes of at least 4 members (excludes halogenated alkanes) is 15. The molecule has 0 aliphatic rings. The van der Waals surface area contributed by atoms with Crippen molar-refractivity contribution in [2.45, 2.75) is 136 Å². The molecule has 0 saturated heterocycles. The predicted molar refractivity (Wildman–Crippen MR) is 122 cm³/mol. The van der Waals surface area contributed by atoms with Crippen LogP contribution in [0.1, 0.15) is 136 Å². The van der Waals surface area contributed by atoms with Gasteiger partial charge in [0.1, 0.15) is 0 Å². The van der Waals surface area contributed by atoms with E-state index in [1.807, 2.05) is 0 Å². The first-order valence-electron chi connectivity index (χ1n) is 11.1. The fourth-order valence-electron chi connectivity index (χ4n) is 2.34. The summed E-state index contributed by atoms with van der Waals surface area (Å²) in [5, 5.41) is 0. The zero-order chi connectivity index (χ0) is 18.7. The first-order valence-corrected chi connectivity index (χ1v) is 11.1. The zero-order valence-electron chi connectivity index (χ0n) is 18.4. The molecule has 0 heterocycles. The van der Waals surface area contributed by atoms with Gasteiger partial charge < -0.3 is 20.8 Å². The summed E-state index contributed by atoms with van der Waals surface area (Å²) in [4.78, 5) is 0. The summed E-state index contributed by atoms with van der Waals surface area (Å²) in [5.41, 5.74) is 0. The molecule has 0 aliphatic heterocycles. The second-order valence-electron chi connectivity index (χ2n) is 6.80. The molecule has 0 saturated carbocycles. The molecular formula is C24H51Al. The Morgan fingerprint density at radius 2 is 0.560 bits per heavy atom. The number of rotatable bonds is 15. The molecule has 0 aromatic carbocycles. The quantitative estimate of drug-likeness (QED) is 0.154. The van der Waals surface area contributed by atoms with Gasteiger partial charge in [-0.1, -0.05) is 117 Å². The molecule has 0 unspecified atom stereocenters. The van der Waals surface area contributed by atoms with Crippen LogP contribution in [-0.4, -0.2) is 17.4 Å². The smallest absolute Gasteiger partial charge is 0.343 e. The maximum absolute atomic E-state index is 3.78. The molecule has 25 heavy (non-hydrogen) atoms. The van der Waals surface area contributed by atoms with Crippen molar-refractivity contribution in [1.29, 1.82) is 0 Å². The summed E-state index contributed by atoms with van der Waals surface area (Å²) < 4.78 is 0. The summed E-state index contributed by atoms with van der Waals surface area (Å²) in [5.74, 6) is 0. The van der Waals surface area contributed by atoms with Gasteiger partial charge in [0.05, 0.1) is 0 Å². The molecule has 0 N–H and O–H groups in total. The van der Waals surface area contributed by atoms with E-state index in [9.17, 15) is 0 Å². The normalized spacial score (nSPS) is 9.36. The van der Waals surface area contributed by atoms with E-state index < -0.39 is 0 Å². The van der Waals surface area contributed by atoms with E-state index >= 15 is 0 Å². The van der Waals surface area contributed by atoms with Crippen molar-refractivity contribution >= 4 is 17.4 Å². The molecule has 1 heteroatoms. The van der Waals surface area contributed by atoms with E-state index in [-0.39, 0.29) is 17.4 Å². The molecule has 0 aromatic heterocycles. The third-order valence-corrected chi connectivity index (χ3v) is 4.06. The van der Waals surface area contributed by atoms with Crippen LogP contribution in [0.15, 0.2) is 0 Å². The van der Waals surface area contributed by atoms with E-state index in [1.165, 1.54) is 96.3 Å². The van der Waals surface area contributed by atoms with E-state index in [0.717, 1.165) is 19.3 Å². The molecule has 0 fully saturated rings. The van der Waals surface area contributed by atoms with Gasteiger partial charge in [-0.3, -0.25) is 0 Å². The topological polar surface area (TPSA) is 0 Å². The maximum atomic E-state index is 3.78. The van der Waals surface area contributed by atoms with Gasteiger partial charge in [-0.25, -0.2) is 0 Å². The van der Waals surface area contributed by atoms with Gasteiger partial charge in [0.15, 0.2) is 0 Å². The van der Waals surface area contributed by atoms with Crippen molar-refractivity contribution in [1.82, 2.24) is 0 Å². The van der Waals surface area contributed by atoms with Crippen LogP contribution >= 0.6 is 0 Å². The van der Waals surface area contributed by atoms with Gasteiger partial charge in [0, 0.05) is 0 Å². The van der Waals surface area contributed by atoms with Crippen LogP contribution in [0.2, 0.25) is 0 Å². The van der Waals surface area contributed by atoms with E-state index in [1.54, 1.807) is 0 Å². The van der Waals surface area contributed by atoms with Crippen molar-refractivity contribution in [2.75, 3.05) is 0 Å². The fraction of sp³-hybridized carbons (Fsp3) is 0.875.